The Kier molecular flexibility index (Phi) is 5.02. The lowest BCUT2D eigenvalue weighted by Crippen LogP contribution is -2.59. The molecule has 2 heterocycles. The van der Waals surface area contributed by atoms with E-state index in [2.05, 4.69) is 5.32 Å². The topological polar surface area (TPSA) is 146 Å². The monoisotopic (exact) mass is 353 g/mol. The van der Waals surface area contributed by atoms with E-state index in [0.717, 1.165) is 0 Å². The molecule has 9 heteroatoms. The van der Waals surface area contributed by atoms with Crippen molar-refractivity contribution in [1.82, 2.24) is 0 Å². The highest BCUT2D eigenvalue weighted by molar-refractivity contribution is 6.04. The fourth-order valence-electron chi connectivity index (χ4n) is 2.99. The average molecular weight is 353 g/mol. The second-order valence-corrected chi connectivity index (χ2v) is 6.02. The van der Waals surface area contributed by atoms with Crippen LogP contribution in [-0.2, 0) is 19.1 Å². The predicted molar refractivity (Wildman–Crippen MR) is 82.3 cm³/mol. The predicted octanol–water partition coefficient (Wildman–Crippen LogP) is -1.54. The maximum atomic E-state index is 12.2. The second kappa shape index (κ2) is 7.06. The lowest BCUT2D eigenvalue weighted by atomic mass is 9.97. The summed E-state index contributed by atoms with van der Waals surface area (Å²) in [6.07, 6.45) is -7.86. The summed E-state index contributed by atoms with van der Waals surface area (Å²) in [5.41, 5.74) is 1.29. The highest BCUT2D eigenvalue weighted by atomic mass is 16.7. The molecule has 1 fully saturated rings. The zero-order valence-electron chi connectivity index (χ0n) is 13.1. The van der Waals surface area contributed by atoms with Crippen molar-refractivity contribution in [3.8, 4) is 0 Å². The maximum Gasteiger partial charge on any atom is 0.309 e. The van der Waals surface area contributed by atoms with Gasteiger partial charge in [0.15, 0.2) is 0 Å². The Balaban J connectivity index is 1.66. The number of amides is 1. The summed E-state index contributed by atoms with van der Waals surface area (Å²) in [6, 6.07) is 6.94. The Morgan fingerprint density at radius 3 is 2.60 bits per heavy atom. The van der Waals surface area contributed by atoms with E-state index < -0.39 is 49.2 Å². The summed E-state index contributed by atoms with van der Waals surface area (Å²) < 4.78 is 10.1. The fourth-order valence-corrected chi connectivity index (χ4v) is 2.99. The first-order valence-corrected chi connectivity index (χ1v) is 7.82. The summed E-state index contributed by atoms with van der Waals surface area (Å²) in [6.45, 7) is -0.628. The van der Waals surface area contributed by atoms with Crippen LogP contribution < -0.4 is 5.32 Å². The fraction of sp³-hybridized carbons (Fsp3) is 0.500. The third-order valence-corrected chi connectivity index (χ3v) is 4.38. The molecule has 0 saturated carbocycles. The molecule has 2 aliphatic heterocycles. The summed E-state index contributed by atoms with van der Waals surface area (Å²) in [5, 5.41) is 41.0. The first-order chi connectivity index (χ1) is 11.9. The Labute approximate surface area is 142 Å². The standard InChI is InChI=1S/C16H19NO8/c18-6-10-12(20)13(21)14(22)16(24-10)25-11(19)5-8-7-3-1-2-4-9(7)17-15(8)23/h1-4,8,10,12-14,16,18,20-22H,5-6H2,(H,17,23)/t8?,10?,12?,13?,14?,16-/m0/s1. The largest absolute Gasteiger partial charge is 0.433 e. The number of hydrogen-bond donors (Lipinski definition) is 5. The molecule has 1 aromatic carbocycles. The zero-order chi connectivity index (χ0) is 18.1. The minimum absolute atomic E-state index is 0.280. The van der Waals surface area contributed by atoms with Crippen molar-refractivity contribution >= 4 is 17.6 Å². The molecule has 136 valence electrons. The summed E-state index contributed by atoms with van der Waals surface area (Å²) in [5.74, 6) is -1.89. The molecule has 5 N–H and O–H groups in total. The van der Waals surface area contributed by atoms with Gasteiger partial charge in [-0.15, -0.1) is 0 Å². The number of aliphatic hydroxyl groups excluding tert-OH is 4. The van der Waals surface area contributed by atoms with Gasteiger partial charge >= 0.3 is 5.97 Å². The first-order valence-electron chi connectivity index (χ1n) is 7.82. The molecule has 3 rings (SSSR count). The van der Waals surface area contributed by atoms with Gasteiger partial charge in [0, 0.05) is 5.69 Å². The summed E-state index contributed by atoms with van der Waals surface area (Å²) in [4.78, 5) is 24.2. The van der Waals surface area contributed by atoms with E-state index in [1.807, 2.05) is 0 Å². The number of para-hydroxylation sites is 1. The van der Waals surface area contributed by atoms with Crippen molar-refractivity contribution in [2.24, 2.45) is 0 Å². The summed E-state index contributed by atoms with van der Waals surface area (Å²) >= 11 is 0. The molecule has 2 aliphatic rings. The number of aliphatic hydroxyl groups is 4. The smallest absolute Gasteiger partial charge is 0.309 e. The van der Waals surface area contributed by atoms with Gasteiger partial charge in [-0.3, -0.25) is 9.59 Å². The number of esters is 1. The van der Waals surface area contributed by atoms with Gasteiger partial charge in [-0.2, -0.15) is 0 Å². The molecule has 0 spiro atoms. The number of rotatable bonds is 4. The van der Waals surface area contributed by atoms with Crippen LogP contribution in [0.3, 0.4) is 0 Å². The van der Waals surface area contributed by atoms with Crippen molar-refractivity contribution in [2.45, 2.75) is 43.0 Å². The molecule has 1 amide bonds. The highest BCUT2D eigenvalue weighted by Crippen LogP contribution is 2.34. The number of carbonyl (C=O) groups is 2. The average Bonchev–Trinajstić information content (AvgIpc) is 2.91. The van der Waals surface area contributed by atoms with Gasteiger partial charge in [0.05, 0.1) is 18.9 Å². The van der Waals surface area contributed by atoms with Gasteiger partial charge < -0.3 is 35.2 Å². The molecule has 1 aromatic rings. The van der Waals surface area contributed by atoms with Crippen LogP contribution in [0.5, 0.6) is 0 Å². The molecular formula is C16H19NO8. The van der Waals surface area contributed by atoms with Crippen LogP contribution in [0.1, 0.15) is 17.9 Å². The van der Waals surface area contributed by atoms with Gasteiger partial charge in [0.2, 0.25) is 12.2 Å². The van der Waals surface area contributed by atoms with Crippen LogP contribution in [0.25, 0.3) is 0 Å². The molecule has 0 aromatic heterocycles. The van der Waals surface area contributed by atoms with Crippen molar-refractivity contribution in [3.05, 3.63) is 29.8 Å². The number of nitrogens with one attached hydrogen (secondary N) is 1. The van der Waals surface area contributed by atoms with Crippen LogP contribution in [0.15, 0.2) is 24.3 Å². The normalized spacial score (nSPS) is 34.3. The zero-order valence-corrected chi connectivity index (χ0v) is 13.1. The number of ether oxygens (including phenoxy) is 2. The van der Waals surface area contributed by atoms with Crippen LogP contribution in [-0.4, -0.2) is 69.6 Å². The Morgan fingerprint density at radius 2 is 1.88 bits per heavy atom. The van der Waals surface area contributed by atoms with Crippen LogP contribution in [0, 0.1) is 0 Å². The van der Waals surface area contributed by atoms with E-state index in [-0.39, 0.29) is 12.3 Å². The molecular weight excluding hydrogens is 334 g/mol. The van der Waals surface area contributed by atoms with Gasteiger partial charge in [0.1, 0.15) is 24.4 Å². The van der Waals surface area contributed by atoms with Gasteiger partial charge in [-0.25, -0.2) is 0 Å². The lowest BCUT2D eigenvalue weighted by molar-refractivity contribution is -0.292. The molecule has 6 atom stereocenters. The van der Waals surface area contributed by atoms with Gasteiger partial charge in [-0.05, 0) is 11.6 Å². The van der Waals surface area contributed by atoms with E-state index in [4.69, 9.17) is 14.6 Å². The maximum absolute atomic E-state index is 12.2. The number of hydrogen-bond acceptors (Lipinski definition) is 8. The highest BCUT2D eigenvalue weighted by Gasteiger charge is 2.45. The molecule has 25 heavy (non-hydrogen) atoms. The summed E-state index contributed by atoms with van der Waals surface area (Å²) in [7, 11) is 0. The Hall–Kier alpha value is -2.04. The minimum Gasteiger partial charge on any atom is -0.433 e. The third-order valence-electron chi connectivity index (χ3n) is 4.38. The Bertz CT molecular complexity index is 663. The van der Waals surface area contributed by atoms with E-state index in [1.54, 1.807) is 24.3 Å². The molecule has 5 unspecified atom stereocenters. The number of fused-ring (bicyclic) bond motifs is 1. The van der Waals surface area contributed by atoms with E-state index in [9.17, 15) is 24.9 Å². The van der Waals surface area contributed by atoms with E-state index >= 15 is 0 Å². The number of benzene rings is 1. The first kappa shape index (κ1) is 17.8. The van der Waals surface area contributed by atoms with E-state index in [0.29, 0.717) is 11.3 Å². The van der Waals surface area contributed by atoms with Crippen LogP contribution >= 0.6 is 0 Å². The number of anilines is 1. The molecule has 0 radical (unpaired) electrons. The SMILES string of the molecule is O=C(CC1C(=O)Nc2ccccc21)O[C@@H]1OC(CO)C(O)C(O)C1O. The van der Waals surface area contributed by atoms with Crippen molar-refractivity contribution in [1.29, 1.82) is 0 Å². The van der Waals surface area contributed by atoms with Crippen molar-refractivity contribution in [2.75, 3.05) is 11.9 Å². The van der Waals surface area contributed by atoms with Crippen LogP contribution in [0.4, 0.5) is 5.69 Å². The molecule has 0 bridgehead atoms. The lowest BCUT2D eigenvalue weighted by Gasteiger charge is -2.39. The third kappa shape index (κ3) is 3.37. The van der Waals surface area contributed by atoms with Crippen molar-refractivity contribution in [3.63, 3.8) is 0 Å². The molecule has 0 aliphatic carbocycles. The van der Waals surface area contributed by atoms with E-state index in [1.165, 1.54) is 0 Å². The van der Waals surface area contributed by atoms with Crippen LogP contribution in [0.2, 0.25) is 0 Å². The molecule has 9 nitrogen and oxygen atoms in total. The van der Waals surface area contributed by atoms with Crippen molar-refractivity contribution < 1.29 is 39.5 Å². The second-order valence-electron chi connectivity index (χ2n) is 6.02. The quantitative estimate of drug-likeness (QED) is 0.409. The molecule has 1 saturated heterocycles. The van der Waals surface area contributed by atoms with Gasteiger partial charge in [-0.1, -0.05) is 18.2 Å². The minimum atomic E-state index is -1.67. The Morgan fingerprint density at radius 1 is 1.16 bits per heavy atom. The van der Waals surface area contributed by atoms with Gasteiger partial charge in [0.25, 0.3) is 0 Å². The number of carbonyl (C=O) groups excluding carboxylic acids is 2.